The smallest absolute Gasteiger partial charge is 0.265 e. The largest absolute Gasteiger partial charge is 0.386 e. The van der Waals surface area contributed by atoms with Crippen molar-refractivity contribution in [1.29, 1.82) is 0 Å². The molecule has 0 heterocycles. The van der Waals surface area contributed by atoms with E-state index in [4.69, 9.17) is 5.11 Å². The molecule has 1 atom stereocenters. The fourth-order valence-electron chi connectivity index (χ4n) is 2.76. The van der Waals surface area contributed by atoms with Gasteiger partial charge in [-0.25, -0.2) is 8.78 Å². The molecule has 0 saturated heterocycles. The van der Waals surface area contributed by atoms with Crippen molar-refractivity contribution in [2.24, 2.45) is 17.3 Å². The molecule has 4 heteroatoms. The van der Waals surface area contributed by atoms with Crippen LogP contribution < -0.4 is 5.32 Å². The number of aliphatic hydroxyl groups is 1. The summed E-state index contributed by atoms with van der Waals surface area (Å²) < 4.78 is 24.2. The minimum absolute atomic E-state index is 0.00311. The van der Waals surface area contributed by atoms with Gasteiger partial charge in [-0.15, -0.1) is 0 Å². The van der Waals surface area contributed by atoms with Gasteiger partial charge in [0.1, 0.15) is 6.10 Å². The van der Waals surface area contributed by atoms with Crippen LogP contribution in [0.25, 0.3) is 0 Å². The summed E-state index contributed by atoms with van der Waals surface area (Å²) in [6, 6.07) is 0. The molecule has 108 valence electrons. The summed E-state index contributed by atoms with van der Waals surface area (Å²) in [5.41, 5.74) is 0.379. The van der Waals surface area contributed by atoms with E-state index in [9.17, 15) is 8.78 Å². The molecule has 0 aliphatic heterocycles. The van der Waals surface area contributed by atoms with Gasteiger partial charge in [0.25, 0.3) is 6.43 Å². The van der Waals surface area contributed by atoms with E-state index in [0.717, 1.165) is 12.5 Å². The van der Waals surface area contributed by atoms with Gasteiger partial charge in [-0.05, 0) is 49.5 Å². The number of hydrogen-bond donors (Lipinski definition) is 2. The van der Waals surface area contributed by atoms with Crippen molar-refractivity contribution in [3.63, 3.8) is 0 Å². The Bertz CT molecular complexity index is 232. The summed E-state index contributed by atoms with van der Waals surface area (Å²) in [7, 11) is 0. The van der Waals surface area contributed by atoms with Crippen LogP contribution in [0.3, 0.4) is 0 Å². The first-order valence-corrected chi connectivity index (χ1v) is 6.97. The predicted molar refractivity (Wildman–Crippen MR) is 69.8 cm³/mol. The minimum Gasteiger partial charge on any atom is -0.386 e. The highest BCUT2D eigenvalue weighted by Crippen LogP contribution is 2.39. The molecular weight excluding hydrogens is 236 g/mol. The second-order valence-corrected chi connectivity index (χ2v) is 6.64. The third kappa shape index (κ3) is 5.19. The number of alkyl halides is 2. The first kappa shape index (κ1) is 15.8. The average Bonchev–Trinajstić information content (AvgIpc) is 2.28. The lowest BCUT2D eigenvalue weighted by atomic mass is 9.70. The maximum Gasteiger partial charge on any atom is 0.265 e. The maximum atomic E-state index is 12.1. The zero-order valence-electron chi connectivity index (χ0n) is 11.8. The van der Waals surface area contributed by atoms with Gasteiger partial charge in [0.05, 0.1) is 0 Å². The van der Waals surface area contributed by atoms with Crippen molar-refractivity contribution in [3.05, 3.63) is 0 Å². The molecule has 0 spiro atoms. The molecule has 18 heavy (non-hydrogen) atoms. The van der Waals surface area contributed by atoms with E-state index in [2.05, 4.69) is 26.1 Å². The van der Waals surface area contributed by atoms with Gasteiger partial charge in [-0.1, -0.05) is 20.8 Å². The quantitative estimate of drug-likeness (QED) is 0.799. The molecule has 0 aromatic heterocycles. The van der Waals surface area contributed by atoms with E-state index in [1.807, 2.05) is 0 Å². The fraction of sp³-hybridized carbons (Fsp3) is 1.00. The third-order valence-electron chi connectivity index (χ3n) is 4.15. The minimum atomic E-state index is -2.64. The Morgan fingerprint density at radius 3 is 2.17 bits per heavy atom. The molecule has 0 radical (unpaired) electrons. The summed E-state index contributed by atoms with van der Waals surface area (Å²) in [6.45, 7) is 7.61. The molecule has 1 aliphatic carbocycles. The Balaban J connectivity index is 2.16. The lowest BCUT2D eigenvalue weighted by Gasteiger charge is -2.37. The van der Waals surface area contributed by atoms with Crippen molar-refractivity contribution < 1.29 is 13.9 Å². The Morgan fingerprint density at radius 1 is 1.17 bits per heavy atom. The van der Waals surface area contributed by atoms with Crippen LogP contribution >= 0.6 is 0 Å². The number of rotatable bonds is 5. The summed E-state index contributed by atoms with van der Waals surface area (Å²) >= 11 is 0. The zero-order valence-corrected chi connectivity index (χ0v) is 11.8. The van der Waals surface area contributed by atoms with Crippen molar-refractivity contribution in [2.45, 2.75) is 59.0 Å². The third-order valence-corrected chi connectivity index (χ3v) is 4.15. The molecule has 0 aromatic rings. The van der Waals surface area contributed by atoms with E-state index in [1.54, 1.807) is 0 Å². The van der Waals surface area contributed by atoms with E-state index in [-0.39, 0.29) is 6.54 Å². The lowest BCUT2D eigenvalue weighted by molar-refractivity contribution is -0.00398. The molecule has 1 saturated carbocycles. The van der Waals surface area contributed by atoms with Gasteiger partial charge in [0, 0.05) is 6.54 Å². The van der Waals surface area contributed by atoms with Gasteiger partial charge in [-0.3, -0.25) is 0 Å². The molecule has 2 N–H and O–H groups in total. The van der Waals surface area contributed by atoms with Crippen LogP contribution in [-0.2, 0) is 0 Å². The molecule has 0 aromatic carbocycles. The molecule has 0 amide bonds. The Hall–Kier alpha value is -0.220. The van der Waals surface area contributed by atoms with Crippen molar-refractivity contribution in [1.82, 2.24) is 5.32 Å². The van der Waals surface area contributed by atoms with Gasteiger partial charge in [0.15, 0.2) is 0 Å². The van der Waals surface area contributed by atoms with Crippen LogP contribution in [0, 0.1) is 17.3 Å². The Kier molecular flexibility index (Phi) is 5.99. The highest BCUT2D eigenvalue weighted by molar-refractivity contribution is 4.81. The van der Waals surface area contributed by atoms with E-state index >= 15 is 0 Å². The highest BCUT2D eigenvalue weighted by Gasteiger charge is 2.29. The molecule has 1 aliphatic rings. The van der Waals surface area contributed by atoms with Crippen molar-refractivity contribution >= 4 is 0 Å². The SMILES string of the molecule is CC(C)(C)C1CCC(CNCC(O)C(F)F)CC1. The fourth-order valence-corrected chi connectivity index (χ4v) is 2.76. The maximum absolute atomic E-state index is 12.1. The normalized spacial score (nSPS) is 27.5. The summed E-state index contributed by atoms with van der Waals surface area (Å²) in [5, 5.41) is 12.0. The molecule has 2 nitrogen and oxygen atoms in total. The molecule has 1 fully saturated rings. The summed E-state index contributed by atoms with van der Waals surface area (Å²) in [6.07, 6.45) is 0.616. The molecule has 1 rings (SSSR count). The topological polar surface area (TPSA) is 32.3 Å². The van der Waals surface area contributed by atoms with E-state index < -0.39 is 12.5 Å². The van der Waals surface area contributed by atoms with Crippen molar-refractivity contribution in [2.75, 3.05) is 13.1 Å². The summed E-state index contributed by atoms with van der Waals surface area (Å²) in [4.78, 5) is 0. The first-order chi connectivity index (χ1) is 8.30. The summed E-state index contributed by atoms with van der Waals surface area (Å²) in [5.74, 6) is 1.36. The second kappa shape index (κ2) is 6.80. The van der Waals surface area contributed by atoms with Crippen LogP contribution in [-0.4, -0.2) is 30.7 Å². The van der Waals surface area contributed by atoms with Crippen molar-refractivity contribution in [3.8, 4) is 0 Å². The molecule has 0 bridgehead atoms. The van der Waals surface area contributed by atoms with Gasteiger partial charge < -0.3 is 10.4 Å². The first-order valence-electron chi connectivity index (χ1n) is 6.97. The van der Waals surface area contributed by atoms with Crippen LogP contribution in [0.15, 0.2) is 0 Å². The highest BCUT2D eigenvalue weighted by atomic mass is 19.3. The molecular formula is C14H27F2NO. The van der Waals surface area contributed by atoms with Gasteiger partial charge in [-0.2, -0.15) is 0 Å². The molecule has 1 unspecified atom stereocenters. The second-order valence-electron chi connectivity index (χ2n) is 6.64. The monoisotopic (exact) mass is 263 g/mol. The van der Waals surface area contributed by atoms with Crippen LogP contribution in [0.1, 0.15) is 46.5 Å². The Morgan fingerprint density at radius 2 is 1.72 bits per heavy atom. The van der Waals surface area contributed by atoms with Crippen LogP contribution in [0.4, 0.5) is 8.78 Å². The number of hydrogen-bond acceptors (Lipinski definition) is 2. The standard InChI is InChI=1S/C14H27F2NO/c1-14(2,3)11-6-4-10(5-7-11)8-17-9-12(18)13(15)16/h10-13,17-18H,4-9H2,1-3H3. The average molecular weight is 263 g/mol. The van der Waals surface area contributed by atoms with Crippen LogP contribution in [0.5, 0.6) is 0 Å². The zero-order chi connectivity index (χ0) is 13.8. The van der Waals surface area contributed by atoms with Gasteiger partial charge >= 0.3 is 0 Å². The van der Waals surface area contributed by atoms with E-state index in [1.165, 1.54) is 25.7 Å². The lowest BCUT2D eigenvalue weighted by Crippen LogP contribution is -2.36. The number of halogens is 2. The Labute approximate surface area is 109 Å². The predicted octanol–water partition coefficient (Wildman–Crippen LogP) is 3.05. The van der Waals surface area contributed by atoms with E-state index in [0.29, 0.717) is 11.3 Å². The van der Waals surface area contributed by atoms with Gasteiger partial charge in [0.2, 0.25) is 0 Å². The number of aliphatic hydroxyl groups excluding tert-OH is 1. The van der Waals surface area contributed by atoms with Crippen LogP contribution in [0.2, 0.25) is 0 Å². The number of nitrogens with one attached hydrogen (secondary N) is 1.